The Balaban J connectivity index is 1.90. The molecule has 0 spiro atoms. The van der Waals surface area contributed by atoms with Gasteiger partial charge in [0.05, 0.1) is 17.9 Å². The first-order chi connectivity index (χ1) is 11.3. The topological polar surface area (TPSA) is 35.6 Å². The highest BCUT2D eigenvalue weighted by Crippen LogP contribution is 2.33. The SMILES string of the molecule is CNCC(=O)N1CCCN(Cc2ccccc2)c2ccccc21. The number of hydrogen-bond donors (Lipinski definition) is 1. The van der Waals surface area contributed by atoms with E-state index in [1.165, 1.54) is 5.56 Å². The number of nitrogens with zero attached hydrogens (tertiary/aromatic N) is 2. The van der Waals surface area contributed by atoms with Crippen molar-refractivity contribution in [1.29, 1.82) is 0 Å². The van der Waals surface area contributed by atoms with Gasteiger partial charge in [-0.3, -0.25) is 4.79 Å². The number of hydrogen-bond acceptors (Lipinski definition) is 3. The Morgan fingerprint density at radius 2 is 1.70 bits per heavy atom. The van der Waals surface area contributed by atoms with Crippen LogP contribution >= 0.6 is 0 Å². The quantitative estimate of drug-likeness (QED) is 0.943. The molecule has 0 saturated carbocycles. The summed E-state index contributed by atoms with van der Waals surface area (Å²) in [5.41, 5.74) is 3.44. The standard InChI is InChI=1S/C19H23N3O/c1-20-14-19(23)22-13-7-12-21(15-16-8-3-2-4-9-16)17-10-5-6-11-18(17)22/h2-6,8-11,20H,7,12-15H2,1H3. The van der Waals surface area contributed by atoms with Crippen LogP contribution in [0, 0.1) is 0 Å². The number of carbonyl (C=O) groups is 1. The van der Waals surface area contributed by atoms with Gasteiger partial charge >= 0.3 is 0 Å². The number of rotatable bonds is 4. The van der Waals surface area contributed by atoms with E-state index in [0.717, 1.165) is 37.4 Å². The summed E-state index contributed by atoms with van der Waals surface area (Å²) >= 11 is 0. The fourth-order valence-electron chi connectivity index (χ4n) is 3.09. The monoisotopic (exact) mass is 309 g/mol. The van der Waals surface area contributed by atoms with E-state index in [1.54, 1.807) is 0 Å². The zero-order valence-electron chi connectivity index (χ0n) is 13.5. The molecule has 3 rings (SSSR count). The smallest absolute Gasteiger partial charge is 0.240 e. The van der Waals surface area contributed by atoms with Gasteiger partial charge in [0.25, 0.3) is 0 Å². The van der Waals surface area contributed by atoms with Gasteiger partial charge in [-0.05, 0) is 31.2 Å². The number of benzene rings is 2. The Hall–Kier alpha value is -2.33. The summed E-state index contributed by atoms with van der Waals surface area (Å²) in [6.45, 7) is 2.96. The van der Waals surface area contributed by atoms with Gasteiger partial charge in [-0.25, -0.2) is 0 Å². The number of para-hydroxylation sites is 2. The Labute approximate surface area is 137 Å². The van der Waals surface area contributed by atoms with E-state index in [4.69, 9.17) is 0 Å². The molecule has 0 radical (unpaired) electrons. The van der Waals surface area contributed by atoms with Crippen molar-refractivity contribution in [3.05, 3.63) is 60.2 Å². The highest BCUT2D eigenvalue weighted by Gasteiger charge is 2.23. The molecule has 0 saturated heterocycles. The van der Waals surface area contributed by atoms with Crippen LogP contribution in [0.4, 0.5) is 11.4 Å². The molecule has 1 N–H and O–H groups in total. The number of amides is 1. The van der Waals surface area contributed by atoms with Crippen LogP contribution in [0.25, 0.3) is 0 Å². The third-order valence-electron chi connectivity index (χ3n) is 4.17. The van der Waals surface area contributed by atoms with Crippen molar-refractivity contribution in [3.8, 4) is 0 Å². The molecule has 0 aliphatic carbocycles. The Morgan fingerprint density at radius 1 is 1.00 bits per heavy atom. The molecule has 1 heterocycles. The summed E-state index contributed by atoms with van der Waals surface area (Å²) in [4.78, 5) is 16.7. The summed E-state index contributed by atoms with van der Waals surface area (Å²) in [6, 6.07) is 18.7. The molecule has 0 unspecified atom stereocenters. The molecule has 2 aromatic rings. The molecule has 0 bridgehead atoms. The third kappa shape index (κ3) is 3.54. The first-order valence-corrected chi connectivity index (χ1v) is 8.12. The second-order valence-electron chi connectivity index (χ2n) is 5.83. The zero-order chi connectivity index (χ0) is 16.1. The van der Waals surface area contributed by atoms with Crippen molar-refractivity contribution in [2.45, 2.75) is 13.0 Å². The van der Waals surface area contributed by atoms with E-state index in [9.17, 15) is 4.79 Å². The van der Waals surface area contributed by atoms with E-state index in [0.29, 0.717) is 6.54 Å². The van der Waals surface area contributed by atoms with Crippen molar-refractivity contribution in [2.75, 3.05) is 36.5 Å². The molecule has 23 heavy (non-hydrogen) atoms. The molecule has 0 fully saturated rings. The Morgan fingerprint density at radius 3 is 2.43 bits per heavy atom. The molecule has 4 nitrogen and oxygen atoms in total. The molecule has 1 aliphatic rings. The number of carbonyl (C=O) groups excluding carboxylic acids is 1. The lowest BCUT2D eigenvalue weighted by atomic mass is 10.1. The Kier molecular flexibility index (Phi) is 4.93. The van der Waals surface area contributed by atoms with E-state index in [1.807, 2.05) is 36.2 Å². The van der Waals surface area contributed by atoms with Gasteiger partial charge in [-0.1, -0.05) is 42.5 Å². The molecule has 0 aromatic heterocycles. The maximum absolute atomic E-state index is 12.4. The molecule has 0 atom stereocenters. The number of likely N-dealkylation sites (N-methyl/N-ethyl adjacent to an activating group) is 1. The highest BCUT2D eigenvalue weighted by atomic mass is 16.2. The summed E-state index contributed by atoms with van der Waals surface area (Å²) < 4.78 is 0. The van der Waals surface area contributed by atoms with E-state index in [-0.39, 0.29) is 5.91 Å². The second-order valence-corrected chi connectivity index (χ2v) is 5.83. The Bertz CT molecular complexity index is 657. The lowest BCUT2D eigenvalue weighted by molar-refractivity contribution is -0.117. The van der Waals surface area contributed by atoms with Crippen LogP contribution in [0.3, 0.4) is 0 Å². The maximum atomic E-state index is 12.4. The molecule has 120 valence electrons. The van der Waals surface area contributed by atoms with Crippen LogP contribution < -0.4 is 15.1 Å². The molecular weight excluding hydrogens is 286 g/mol. The highest BCUT2D eigenvalue weighted by molar-refractivity contribution is 5.98. The minimum Gasteiger partial charge on any atom is -0.365 e. The van der Waals surface area contributed by atoms with Crippen molar-refractivity contribution >= 4 is 17.3 Å². The van der Waals surface area contributed by atoms with Gasteiger partial charge in [-0.15, -0.1) is 0 Å². The van der Waals surface area contributed by atoms with E-state index < -0.39 is 0 Å². The molecule has 1 amide bonds. The second kappa shape index (κ2) is 7.29. The fraction of sp³-hybridized carbons (Fsp3) is 0.316. The minimum atomic E-state index is 0.126. The predicted molar refractivity (Wildman–Crippen MR) is 94.8 cm³/mol. The van der Waals surface area contributed by atoms with Gasteiger partial charge in [0.2, 0.25) is 5.91 Å². The molecular formula is C19H23N3O. The summed E-state index contributed by atoms with van der Waals surface area (Å²) in [7, 11) is 1.81. The molecule has 1 aliphatic heterocycles. The van der Waals surface area contributed by atoms with Crippen LogP contribution in [-0.2, 0) is 11.3 Å². The number of anilines is 2. The average Bonchev–Trinajstić information content (AvgIpc) is 2.76. The lowest BCUT2D eigenvalue weighted by Gasteiger charge is -2.27. The first kappa shape index (κ1) is 15.6. The van der Waals surface area contributed by atoms with Crippen molar-refractivity contribution in [2.24, 2.45) is 0 Å². The van der Waals surface area contributed by atoms with Crippen molar-refractivity contribution < 1.29 is 4.79 Å². The average molecular weight is 309 g/mol. The van der Waals surface area contributed by atoms with Crippen LogP contribution in [0.2, 0.25) is 0 Å². The number of fused-ring (bicyclic) bond motifs is 1. The van der Waals surface area contributed by atoms with Crippen LogP contribution in [0.1, 0.15) is 12.0 Å². The van der Waals surface area contributed by atoms with Gasteiger partial charge in [-0.2, -0.15) is 0 Å². The molecule has 4 heteroatoms. The molecule has 2 aromatic carbocycles. The van der Waals surface area contributed by atoms with Gasteiger partial charge in [0.15, 0.2) is 0 Å². The van der Waals surface area contributed by atoms with Gasteiger partial charge < -0.3 is 15.1 Å². The zero-order valence-corrected chi connectivity index (χ0v) is 13.5. The van der Waals surface area contributed by atoms with Crippen LogP contribution in [0.15, 0.2) is 54.6 Å². The normalized spacial score (nSPS) is 14.3. The largest absolute Gasteiger partial charge is 0.365 e. The maximum Gasteiger partial charge on any atom is 0.240 e. The summed E-state index contributed by atoms with van der Waals surface area (Å²) in [5, 5.41) is 2.96. The lowest BCUT2D eigenvalue weighted by Crippen LogP contribution is -2.37. The van der Waals surface area contributed by atoms with Gasteiger partial charge in [0, 0.05) is 19.6 Å². The van der Waals surface area contributed by atoms with E-state index in [2.05, 4.69) is 40.5 Å². The number of nitrogens with one attached hydrogen (secondary N) is 1. The third-order valence-corrected chi connectivity index (χ3v) is 4.17. The van der Waals surface area contributed by atoms with Crippen molar-refractivity contribution in [1.82, 2.24) is 5.32 Å². The van der Waals surface area contributed by atoms with Crippen LogP contribution in [0.5, 0.6) is 0 Å². The predicted octanol–water partition coefficient (Wildman–Crippen LogP) is 2.65. The van der Waals surface area contributed by atoms with Gasteiger partial charge in [0.1, 0.15) is 0 Å². The van der Waals surface area contributed by atoms with Crippen molar-refractivity contribution in [3.63, 3.8) is 0 Å². The minimum absolute atomic E-state index is 0.126. The summed E-state index contributed by atoms with van der Waals surface area (Å²) in [6.07, 6.45) is 0.969. The van der Waals surface area contributed by atoms with Crippen LogP contribution in [-0.4, -0.2) is 32.6 Å². The summed E-state index contributed by atoms with van der Waals surface area (Å²) in [5.74, 6) is 0.126. The van der Waals surface area contributed by atoms with E-state index >= 15 is 0 Å². The first-order valence-electron chi connectivity index (χ1n) is 8.12. The fourth-order valence-corrected chi connectivity index (χ4v) is 3.09.